The molecule has 0 bridgehead atoms. The molecule has 9 aromatic carbocycles. The monoisotopic (exact) mass is 1200 g/mol. The lowest BCUT2D eigenvalue weighted by atomic mass is 9.87. The zero-order chi connectivity index (χ0) is 59.6. The zero-order valence-electron chi connectivity index (χ0n) is 46.9. The van der Waals surface area contributed by atoms with Gasteiger partial charge in [-0.05, 0) is 156 Å². The molecule has 0 aliphatic rings. The third-order valence-corrected chi connectivity index (χ3v) is 18.4. The standard InChI is InChI=1S/3C22H23S.3FO2P/c3*1-22(2,3)18-14-16-21(17-15-18)23(19-10-6-4-7-11-19)20-12-8-5-9-13-20;3*1-4(2)3/h3*4-17H,1-3H3;;;/q3*+1;;;. The minimum absolute atomic E-state index is 0.0497. The molecule has 0 aliphatic heterocycles. The van der Waals surface area contributed by atoms with Gasteiger partial charge in [-0.25, -0.2) is 0 Å². The molecule has 0 heterocycles. The predicted molar refractivity (Wildman–Crippen MR) is 327 cm³/mol. The first-order chi connectivity index (χ1) is 38.4. The summed E-state index contributed by atoms with van der Waals surface area (Å²) in [4.78, 5) is 37.4. The van der Waals surface area contributed by atoms with Crippen LogP contribution in [0.3, 0.4) is 0 Å². The molecular weight excluding hydrogens is 1130 g/mol. The summed E-state index contributed by atoms with van der Waals surface area (Å²) < 4.78 is 55.0. The second kappa shape index (κ2) is 33.8. The number of hydrogen-bond donors (Lipinski definition) is 0. The van der Waals surface area contributed by atoms with Crippen LogP contribution in [-0.2, 0) is 62.6 Å². The van der Waals surface area contributed by atoms with E-state index in [1.807, 2.05) is 0 Å². The van der Waals surface area contributed by atoms with Gasteiger partial charge in [0.05, 0.1) is 45.3 Å². The van der Waals surface area contributed by atoms with Crippen molar-refractivity contribution in [1.82, 2.24) is 0 Å². The fourth-order valence-corrected chi connectivity index (χ4v) is 14.1. The lowest BCUT2D eigenvalue weighted by Crippen LogP contribution is -2.11. The summed E-state index contributed by atoms with van der Waals surface area (Å²) in [6, 6.07) is 92.2. The number of hydrogen-bond acceptors (Lipinski definition) is 6. The van der Waals surface area contributed by atoms with Crippen molar-refractivity contribution in [2.24, 2.45) is 0 Å². The van der Waals surface area contributed by atoms with Crippen LogP contribution in [0.4, 0.5) is 12.6 Å². The molecule has 0 aromatic heterocycles. The van der Waals surface area contributed by atoms with Crippen molar-refractivity contribution >= 4 is 57.7 Å². The Morgan fingerprint density at radius 1 is 0.247 bits per heavy atom. The smallest absolute Gasteiger partial charge is 0.540 e. The van der Waals surface area contributed by atoms with Gasteiger partial charge < -0.3 is 14.7 Å². The normalized spacial score (nSPS) is 11.6. The Balaban J connectivity index is 0.000000237. The quantitative estimate of drug-likeness (QED) is 0.105. The molecular formula is C66H69F3O6P3S3+3. The molecule has 0 aliphatic carbocycles. The van der Waals surface area contributed by atoms with Crippen molar-refractivity contribution in [2.45, 2.75) is 123 Å². The van der Waals surface area contributed by atoms with Crippen LogP contribution in [0.1, 0.15) is 79.0 Å². The van der Waals surface area contributed by atoms with Crippen LogP contribution >= 0.6 is 25.0 Å². The maximum Gasteiger partial charge on any atom is 0.540 e. The van der Waals surface area contributed by atoms with E-state index >= 15 is 0 Å². The van der Waals surface area contributed by atoms with E-state index in [-0.39, 0.29) is 48.9 Å². The zero-order valence-corrected chi connectivity index (χ0v) is 52.0. The summed E-state index contributed by atoms with van der Waals surface area (Å²) in [5.41, 5.74) is 4.71. The molecule has 15 heteroatoms. The van der Waals surface area contributed by atoms with Crippen LogP contribution in [0, 0.1) is 0 Å². The van der Waals surface area contributed by atoms with E-state index in [0.717, 1.165) is 0 Å². The highest BCUT2D eigenvalue weighted by Gasteiger charge is 2.31. The first-order valence-corrected chi connectivity index (χ1v) is 32.5. The summed E-state index contributed by atoms with van der Waals surface area (Å²) in [5, 5.41) is 0. The molecule has 0 radical (unpaired) electrons. The summed E-state index contributed by atoms with van der Waals surface area (Å²) in [6.45, 7) is 20.3. The summed E-state index contributed by atoms with van der Waals surface area (Å²) in [5.74, 6) is 0. The van der Waals surface area contributed by atoms with Gasteiger partial charge in [-0.1, -0.05) is 208 Å². The molecule has 0 saturated carbocycles. The molecule has 3 atom stereocenters. The number of rotatable bonds is 9. The molecule has 0 amide bonds. The topological polar surface area (TPSA) is 120 Å². The third kappa shape index (κ3) is 24.2. The average Bonchev–Trinajstić information content (AvgIpc) is 3.44. The fraction of sp³-hybridized carbons (Fsp3) is 0.182. The number of halogens is 3. The van der Waals surface area contributed by atoms with Crippen molar-refractivity contribution in [3.8, 4) is 0 Å². The Kier molecular flexibility index (Phi) is 28.2. The maximum absolute atomic E-state index is 9.95. The van der Waals surface area contributed by atoms with Crippen molar-refractivity contribution in [3.05, 3.63) is 271 Å². The highest BCUT2D eigenvalue weighted by atomic mass is 32.2. The molecule has 0 spiro atoms. The van der Waals surface area contributed by atoms with Crippen LogP contribution in [0.5, 0.6) is 0 Å². The van der Waals surface area contributed by atoms with Crippen molar-refractivity contribution in [2.75, 3.05) is 0 Å². The Bertz CT molecular complexity index is 2760. The first kappa shape index (κ1) is 67.5. The van der Waals surface area contributed by atoms with Crippen LogP contribution < -0.4 is 14.7 Å². The average molecular weight is 1200 g/mol. The van der Waals surface area contributed by atoms with Crippen LogP contribution in [0.25, 0.3) is 0 Å². The second-order valence-electron chi connectivity index (χ2n) is 20.8. The van der Waals surface area contributed by atoms with E-state index in [1.54, 1.807) is 0 Å². The van der Waals surface area contributed by atoms with Gasteiger partial charge in [0.1, 0.15) is 0 Å². The highest BCUT2D eigenvalue weighted by Crippen LogP contribution is 2.36. The molecule has 9 aromatic rings. The van der Waals surface area contributed by atoms with Gasteiger partial charge >= 0.3 is 25.0 Å². The molecule has 6 nitrogen and oxygen atoms in total. The predicted octanol–water partition coefficient (Wildman–Crippen LogP) is 18.2. The SMILES string of the molecule is CC(C)(C)c1ccc([S+](c2ccccc2)c2ccccc2)cc1.CC(C)(C)c1ccc([S+](c2ccccc2)c2ccccc2)cc1.CC(C)(C)c1ccc([S+](c2ccccc2)c2ccccc2)cc1.O=[P+]([O-])F.O=[P+]([O-])F.O=[P+]([O-])F. The molecule has 0 saturated heterocycles. The molecule has 0 N–H and O–H groups in total. The third-order valence-electron chi connectivity index (χ3n) is 11.7. The Morgan fingerprint density at radius 3 is 0.469 bits per heavy atom. The van der Waals surface area contributed by atoms with Gasteiger partial charge in [-0.3, -0.25) is 0 Å². The van der Waals surface area contributed by atoms with Gasteiger partial charge in [0, 0.05) is 0 Å². The number of benzene rings is 9. The van der Waals surface area contributed by atoms with Gasteiger partial charge in [0.2, 0.25) is 0 Å². The lowest BCUT2D eigenvalue weighted by Gasteiger charge is -2.19. The van der Waals surface area contributed by atoms with E-state index in [1.165, 1.54) is 60.7 Å². The summed E-state index contributed by atoms with van der Waals surface area (Å²) in [7, 11) is -11.0. The van der Waals surface area contributed by atoms with Gasteiger partial charge in [-0.15, -0.1) is 0 Å². The first-order valence-electron chi connectivity index (χ1n) is 25.6. The lowest BCUT2D eigenvalue weighted by molar-refractivity contribution is -0.175. The Morgan fingerprint density at radius 2 is 0.358 bits per heavy atom. The molecule has 9 rings (SSSR count). The van der Waals surface area contributed by atoms with E-state index in [0.29, 0.717) is 0 Å². The molecule has 3 unspecified atom stereocenters. The summed E-state index contributed by atoms with van der Waals surface area (Å²) in [6.07, 6.45) is 0. The van der Waals surface area contributed by atoms with E-state index in [2.05, 4.69) is 317 Å². The van der Waals surface area contributed by atoms with E-state index in [4.69, 9.17) is 28.4 Å². The van der Waals surface area contributed by atoms with Crippen LogP contribution in [0.2, 0.25) is 0 Å². The highest BCUT2D eigenvalue weighted by molar-refractivity contribution is 7.97. The summed E-state index contributed by atoms with van der Waals surface area (Å²) >= 11 is 0. The molecule has 0 fully saturated rings. The fourth-order valence-electron chi connectivity index (χ4n) is 7.84. The minimum atomic E-state index is -3.62. The van der Waals surface area contributed by atoms with Crippen LogP contribution in [0.15, 0.2) is 299 Å². The van der Waals surface area contributed by atoms with Gasteiger partial charge in [0.15, 0.2) is 44.1 Å². The van der Waals surface area contributed by atoms with Crippen molar-refractivity contribution in [3.63, 3.8) is 0 Å². The van der Waals surface area contributed by atoms with E-state index in [9.17, 15) is 12.6 Å². The van der Waals surface area contributed by atoms with Gasteiger partial charge in [-0.2, -0.15) is 0 Å². The van der Waals surface area contributed by atoms with Crippen molar-refractivity contribution < 1.29 is 41.0 Å². The molecule has 81 heavy (non-hydrogen) atoms. The molecule has 420 valence electrons. The Labute approximate surface area is 489 Å². The van der Waals surface area contributed by atoms with Crippen LogP contribution in [-0.4, -0.2) is 0 Å². The van der Waals surface area contributed by atoms with Gasteiger partial charge in [0.25, 0.3) is 0 Å². The Hall–Kier alpha value is -6.00. The second-order valence-corrected chi connectivity index (χ2v) is 28.1. The largest absolute Gasteiger partial charge is 0.562 e. The minimum Gasteiger partial charge on any atom is -0.562 e. The maximum atomic E-state index is 9.95. The van der Waals surface area contributed by atoms with Crippen molar-refractivity contribution in [1.29, 1.82) is 0 Å². The van der Waals surface area contributed by atoms with E-state index < -0.39 is 25.0 Å².